The first-order valence-electron chi connectivity index (χ1n) is 19.7. The van der Waals surface area contributed by atoms with Crippen molar-refractivity contribution < 1.29 is 48.1 Å². The Kier molecular flexibility index (Phi) is 16.5. The summed E-state index contributed by atoms with van der Waals surface area (Å²) in [6, 6.07) is 41.4. The van der Waals surface area contributed by atoms with Gasteiger partial charge in [-0.05, 0) is 65.2 Å². The second kappa shape index (κ2) is 20.1. The summed E-state index contributed by atoms with van der Waals surface area (Å²) in [7, 11) is 0. The van der Waals surface area contributed by atoms with Crippen molar-refractivity contribution in [2.45, 2.75) is 122 Å². The molecule has 0 heterocycles. The third-order valence-electron chi connectivity index (χ3n) is 11.1. The molecule has 0 atom stereocenters. The molecule has 0 aromatic heterocycles. The second-order valence-electron chi connectivity index (χ2n) is 16.6. The van der Waals surface area contributed by atoms with E-state index in [0.717, 1.165) is 11.8 Å². The molecule has 2 saturated carbocycles. The summed E-state index contributed by atoms with van der Waals surface area (Å²) in [5.74, 6) is 1.57. The van der Waals surface area contributed by atoms with Crippen molar-refractivity contribution in [2.75, 3.05) is 0 Å². The predicted octanol–water partition coefficient (Wildman–Crippen LogP) is 8.95. The minimum atomic E-state index is 0. The number of hydrogen-bond acceptors (Lipinski definition) is 0. The largest absolute Gasteiger partial charge is 1.00 e. The molecule has 6 aromatic rings. The van der Waals surface area contributed by atoms with Crippen LogP contribution in [0.3, 0.4) is 0 Å². The van der Waals surface area contributed by atoms with Crippen molar-refractivity contribution in [3.8, 4) is 22.3 Å². The topological polar surface area (TPSA) is 0 Å². The summed E-state index contributed by atoms with van der Waals surface area (Å²) in [6.07, 6.45) is 13.9. The molecular formula is C49H58Cl2SiZr-2. The van der Waals surface area contributed by atoms with Crippen molar-refractivity contribution in [3.63, 3.8) is 0 Å². The fraction of sp³-hybridized carbons (Fsp3) is 0.388. The summed E-state index contributed by atoms with van der Waals surface area (Å²) >= 11 is 1.74. The minimum Gasteiger partial charge on any atom is -1.00 e. The zero-order chi connectivity index (χ0) is 36.0. The molecule has 4 heteroatoms. The summed E-state index contributed by atoms with van der Waals surface area (Å²) in [5.41, 5.74) is 11.7. The Balaban J connectivity index is 0.000000209. The zero-order valence-corrected chi connectivity index (χ0v) is 37.8. The fourth-order valence-electron chi connectivity index (χ4n) is 8.34. The van der Waals surface area contributed by atoms with Gasteiger partial charge in [-0.1, -0.05) is 138 Å². The molecule has 0 nitrogen and oxygen atoms in total. The van der Waals surface area contributed by atoms with Crippen LogP contribution in [0.2, 0.25) is 13.1 Å². The maximum absolute atomic E-state index is 2.47. The normalized spacial score (nSPS) is 15.0. The van der Waals surface area contributed by atoms with Crippen LogP contribution in [0.4, 0.5) is 0 Å². The van der Waals surface area contributed by atoms with Gasteiger partial charge >= 0.3 is 41.9 Å². The van der Waals surface area contributed by atoms with Crippen LogP contribution in [0.1, 0.15) is 119 Å². The van der Waals surface area contributed by atoms with E-state index in [-0.39, 0.29) is 35.7 Å². The predicted molar refractivity (Wildman–Crippen MR) is 223 cm³/mol. The smallest absolute Gasteiger partial charge is 0.0162 e. The van der Waals surface area contributed by atoms with Crippen LogP contribution in [0.15, 0.2) is 109 Å². The maximum Gasteiger partial charge on any atom is -0.0162 e. The molecule has 0 spiro atoms. The minimum absolute atomic E-state index is 0. The molecule has 0 N–H and O–H groups in total. The molecule has 0 radical (unpaired) electrons. The molecule has 6 aromatic carbocycles. The van der Waals surface area contributed by atoms with Gasteiger partial charge in [0.25, 0.3) is 0 Å². The van der Waals surface area contributed by atoms with E-state index >= 15 is 0 Å². The first-order valence-corrected chi connectivity index (χ1v) is 25.8. The van der Waals surface area contributed by atoms with Gasteiger partial charge in [0, 0.05) is 0 Å². The molecule has 53 heavy (non-hydrogen) atoms. The number of benzene rings is 4. The van der Waals surface area contributed by atoms with Crippen molar-refractivity contribution in [1.29, 1.82) is 0 Å². The van der Waals surface area contributed by atoms with E-state index in [1.807, 2.05) is 0 Å². The summed E-state index contributed by atoms with van der Waals surface area (Å²) in [5, 5.41) is 5.56. The Labute approximate surface area is 348 Å². The molecule has 8 rings (SSSR count). The van der Waals surface area contributed by atoms with Gasteiger partial charge in [0.1, 0.15) is 0 Å². The quantitative estimate of drug-likeness (QED) is 0.123. The molecular weight excluding hydrogens is 779 g/mol. The Morgan fingerprint density at radius 1 is 0.585 bits per heavy atom. The van der Waals surface area contributed by atoms with E-state index in [1.54, 1.807) is 28.9 Å². The van der Waals surface area contributed by atoms with Crippen LogP contribution >= 0.6 is 0 Å². The zero-order valence-electron chi connectivity index (χ0n) is 32.9. The van der Waals surface area contributed by atoms with Crippen molar-refractivity contribution in [3.05, 3.63) is 131 Å². The van der Waals surface area contributed by atoms with Crippen molar-refractivity contribution >= 4 is 27.0 Å². The van der Waals surface area contributed by atoms with Crippen LogP contribution in [0.5, 0.6) is 0 Å². The number of rotatable bonds is 4. The van der Waals surface area contributed by atoms with Gasteiger partial charge in [-0.15, -0.1) is 69.1 Å². The van der Waals surface area contributed by atoms with Gasteiger partial charge in [-0.3, -0.25) is 0 Å². The third-order valence-corrected chi connectivity index (χ3v) is 11.1. The maximum atomic E-state index is 2.47. The number of aryl methyl sites for hydroxylation is 1. The van der Waals surface area contributed by atoms with Crippen LogP contribution in [-0.4, -0.2) is 5.43 Å². The van der Waals surface area contributed by atoms with Gasteiger partial charge < -0.3 is 24.8 Å². The van der Waals surface area contributed by atoms with Crippen LogP contribution in [0, 0.1) is 6.92 Å². The Morgan fingerprint density at radius 3 is 1.55 bits per heavy atom. The average molecular weight is 837 g/mol. The van der Waals surface area contributed by atoms with E-state index in [4.69, 9.17) is 0 Å². The monoisotopic (exact) mass is 834 g/mol. The first-order chi connectivity index (χ1) is 24.6. The number of hydrogen-bond donors (Lipinski definition) is 0. The average Bonchev–Trinajstić information content (AvgIpc) is 3.75. The number of fused-ring (bicyclic) bond motifs is 2. The first kappa shape index (κ1) is 43.5. The Bertz CT molecular complexity index is 2030. The number of halogens is 2. The second-order valence-corrected chi connectivity index (χ2v) is 25.9. The molecule has 2 aliphatic rings. The van der Waals surface area contributed by atoms with E-state index in [2.05, 4.69) is 150 Å². The van der Waals surface area contributed by atoms with Crippen LogP contribution in [0.25, 0.3) is 43.8 Å². The van der Waals surface area contributed by atoms with Gasteiger partial charge in [-0.25, -0.2) is 0 Å². The molecule has 0 amide bonds. The molecule has 0 unspecified atom stereocenters. The molecule has 2 fully saturated rings. The summed E-state index contributed by atoms with van der Waals surface area (Å²) in [4.78, 5) is 0. The molecule has 278 valence electrons. The molecule has 2 aliphatic carbocycles. The standard InChI is InChI=1S/C25H29.C22H23.C2H6Si.2ClH.Zr/c1-25(2,3)22-14-12-19(13-15-22)23-11-7-10-20-16-21(17-24(20)23)18-8-5-4-6-9-18;1-16-14-20-8-5-9-21(22(20)15-16)19-12-10-18(11-13-19)17-6-3-2-4-7-17;1-3-2;;;/h7,10-18H,4-6,8-9H2,1-3H3;5,8-15,17H,2-4,6-7H2,1H3;1-2H3;2*1H;/q2*-1;;;;+2/p-2. The summed E-state index contributed by atoms with van der Waals surface area (Å²) in [6.45, 7) is 13.6. The molecule has 0 saturated heterocycles. The van der Waals surface area contributed by atoms with Gasteiger partial charge in [0.2, 0.25) is 0 Å². The van der Waals surface area contributed by atoms with E-state index < -0.39 is 0 Å². The van der Waals surface area contributed by atoms with Crippen molar-refractivity contribution in [2.24, 2.45) is 0 Å². The fourth-order valence-corrected chi connectivity index (χ4v) is 8.34. The van der Waals surface area contributed by atoms with Crippen LogP contribution < -0.4 is 24.8 Å². The van der Waals surface area contributed by atoms with Crippen LogP contribution in [-0.2, 0) is 28.8 Å². The van der Waals surface area contributed by atoms with Gasteiger partial charge in [0.15, 0.2) is 0 Å². The Morgan fingerprint density at radius 2 is 1.04 bits per heavy atom. The van der Waals surface area contributed by atoms with E-state index in [1.165, 1.54) is 125 Å². The third kappa shape index (κ3) is 11.4. The van der Waals surface area contributed by atoms with Gasteiger partial charge in [-0.2, -0.15) is 12.1 Å². The molecule has 0 aliphatic heterocycles. The Hall–Kier alpha value is -2.22. The van der Waals surface area contributed by atoms with E-state index in [0.29, 0.717) is 0 Å². The van der Waals surface area contributed by atoms with Crippen molar-refractivity contribution in [1.82, 2.24) is 0 Å². The van der Waals surface area contributed by atoms with E-state index in [9.17, 15) is 0 Å². The summed E-state index contributed by atoms with van der Waals surface area (Å²) < 4.78 is 0. The SMILES string of the molecule is CC(C)(C)c1ccc(-c2cccc3[cH-]c(C4CCCCC4)cc23)cc1.C[Si](C)=[Zr+2].Cc1cc2c(-c3ccc(C4CCCCC4)cc3)cccc2[cH-]1.[Cl-].[Cl-]. The van der Waals surface area contributed by atoms with Gasteiger partial charge in [0.05, 0.1) is 0 Å². The molecule has 0 bridgehead atoms.